The Morgan fingerprint density at radius 3 is 2.50 bits per heavy atom. The Morgan fingerprint density at radius 1 is 1.33 bits per heavy atom. The van der Waals surface area contributed by atoms with Crippen molar-refractivity contribution in [3.8, 4) is 0 Å². The Bertz CT molecular complexity index is 324. The fourth-order valence-corrected chi connectivity index (χ4v) is 3.28. The second-order valence-electron chi connectivity index (χ2n) is 5.46. The number of hydrogen-bond acceptors (Lipinski definition) is 4. The number of nitrogens with one attached hydrogen (secondary N) is 2. The molecule has 0 saturated carbocycles. The van der Waals surface area contributed by atoms with Gasteiger partial charge in [0.15, 0.2) is 0 Å². The molecule has 1 rings (SSSR count). The van der Waals surface area contributed by atoms with E-state index in [4.69, 9.17) is 0 Å². The first-order valence-corrected chi connectivity index (χ1v) is 8.40. The Morgan fingerprint density at radius 2 is 1.94 bits per heavy atom. The van der Waals surface area contributed by atoms with Crippen LogP contribution in [0, 0.1) is 5.92 Å². The third-order valence-corrected chi connectivity index (χ3v) is 5.11. The molecule has 1 atom stereocenters. The van der Waals surface area contributed by atoms with Gasteiger partial charge in [-0.05, 0) is 59.3 Å². The maximum absolute atomic E-state index is 11.9. The first-order valence-electron chi connectivity index (χ1n) is 6.75. The minimum absolute atomic E-state index is 0.221. The zero-order chi connectivity index (χ0) is 13.6. The molecule has 0 aromatic carbocycles. The molecule has 108 valence electrons. The minimum Gasteiger partial charge on any atom is -0.317 e. The first kappa shape index (κ1) is 15.9. The number of sulfonamides is 1. The summed E-state index contributed by atoms with van der Waals surface area (Å²) in [7, 11) is 0.798. The van der Waals surface area contributed by atoms with Crippen LogP contribution in [0.4, 0.5) is 0 Å². The van der Waals surface area contributed by atoms with Crippen LogP contribution in [0.3, 0.4) is 0 Å². The van der Waals surface area contributed by atoms with E-state index in [1.807, 2.05) is 25.9 Å². The maximum Gasteiger partial charge on any atom is 0.211 e. The van der Waals surface area contributed by atoms with Crippen LogP contribution < -0.4 is 10.0 Å². The SMILES string of the molecule is CC(CNS(=O)(=O)CCC1CCNCC1)N(C)C. The molecule has 0 aliphatic carbocycles. The van der Waals surface area contributed by atoms with Gasteiger partial charge in [-0.1, -0.05) is 0 Å². The molecule has 1 saturated heterocycles. The zero-order valence-electron chi connectivity index (χ0n) is 11.8. The molecule has 0 spiro atoms. The van der Waals surface area contributed by atoms with E-state index in [-0.39, 0.29) is 11.8 Å². The van der Waals surface area contributed by atoms with Crippen LogP contribution in [0.15, 0.2) is 0 Å². The molecular formula is C12H27N3O2S. The number of likely N-dealkylation sites (N-methyl/N-ethyl adjacent to an activating group) is 1. The average Bonchev–Trinajstić information content (AvgIpc) is 2.35. The zero-order valence-corrected chi connectivity index (χ0v) is 12.6. The van der Waals surface area contributed by atoms with Gasteiger partial charge < -0.3 is 10.2 Å². The van der Waals surface area contributed by atoms with Gasteiger partial charge in [-0.15, -0.1) is 0 Å². The van der Waals surface area contributed by atoms with Crippen molar-refractivity contribution in [3.05, 3.63) is 0 Å². The van der Waals surface area contributed by atoms with Gasteiger partial charge in [0.25, 0.3) is 0 Å². The third kappa shape index (κ3) is 6.13. The largest absolute Gasteiger partial charge is 0.317 e. The lowest BCUT2D eigenvalue weighted by Crippen LogP contribution is -2.39. The van der Waals surface area contributed by atoms with E-state index in [0.717, 1.165) is 32.4 Å². The molecule has 18 heavy (non-hydrogen) atoms. The highest BCUT2D eigenvalue weighted by molar-refractivity contribution is 7.89. The summed E-state index contributed by atoms with van der Waals surface area (Å²) in [5.41, 5.74) is 0. The van der Waals surface area contributed by atoms with E-state index < -0.39 is 10.0 Å². The number of rotatable bonds is 7. The van der Waals surface area contributed by atoms with Gasteiger partial charge in [-0.3, -0.25) is 0 Å². The fourth-order valence-electron chi connectivity index (χ4n) is 1.99. The highest BCUT2D eigenvalue weighted by Gasteiger charge is 2.18. The number of piperidine rings is 1. The van der Waals surface area contributed by atoms with Gasteiger partial charge in [-0.25, -0.2) is 13.1 Å². The van der Waals surface area contributed by atoms with Crippen LogP contribution in [0.5, 0.6) is 0 Å². The molecule has 6 heteroatoms. The van der Waals surface area contributed by atoms with Gasteiger partial charge >= 0.3 is 0 Å². The van der Waals surface area contributed by atoms with Crippen LogP contribution in [-0.4, -0.2) is 58.8 Å². The van der Waals surface area contributed by atoms with Crippen molar-refractivity contribution in [1.29, 1.82) is 0 Å². The van der Waals surface area contributed by atoms with Gasteiger partial charge in [-0.2, -0.15) is 0 Å². The van der Waals surface area contributed by atoms with E-state index in [9.17, 15) is 8.42 Å². The maximum atomic E-state index is 11.9. The lowest BCUT2D eigenvalue weighted by Gasteiger charge is -2.23. The molecule has 1 aliphatic rings. The second-order valence-corrected chi connectivity index (χ2v) is 7.39. The van der Waals surface area contributed by atoms with Gasteiger partial charge in [0.05, 0.1) is 5.75 Å². The smallest absolute Gasteiger partial charge is 0.211 e. The molecule has 0 amide bonds. The van der Waals surface area contributed by atoms with Crippen molar-refractivity contribution in [1.82, 2.24) is 14.9 Å². The highest BCUT2D eigenvalue weighted by Crippen LogP contribution is 2.16. The summed E-state index contributed by atoms with van der Waals surface area (Å²) in [5, 5.41) is 3.29. The fraction of sp³-hybridized carbons (Fsp3) is 1.00. The quantitative estimate of drug-likeness (QED) is 0.700. The summed E-state index contributed by atoms with van der Waals surface area (Å²) < 4.78 is 26.4. The Labute approximate surface area is 111 Å². The number of hydrogen-bond donors (Lipinski definition) is 2. The van der Waals surface area contributed by atoms with E-state index in [0.29, 0.717) is 12.5 Å². The molecule has 0 bridgehead atoms. The van der Waals surface area contributed by atoms with Crippen LogP contribution in [-0.2, 0) is 10.0 Å². The topological polar surface area (TPSA) is 61.4 Å². The van der Waals surface area contributed by atoms with Crippen LogP contribution >= 0.6 is 0 Å². The van der Waals surface area contributed by atoms with Gasteiger partial charge in [0.1, 0.15) is 0 Å². The van der Waals surface area contributed by atoms with Crippen LogP contribution in [0.1, 0.15) is 26.2 Å². The van der Waals surface area contributed by atoms with E-state index in [1.165, 1.54) is 0 Å². The van der Waals surface area contributed by atoms with Gasteiger partial charge in [0.2, 0.25) is 10.0 Å². The van der Waals surface area contributed by atoms with Crippen molar-refractivity contribution in [2.75, 3.05) is 39.5 Å². The predicted octanol–water partition coefficient (Wildman–Crippen LogP) is 0.246. The van der Waals surface area contributed by atoms with Gasteiger partial charge in [0, 0.05) is 12.6 Å². The average molecular weight is 277 g/mol. The molecule has 0 aromatic rings. The molecule has 1 heterocycles. The Kier molecular flexibility index (Phi) is 6.55. The van der Waals surface area contributed by atoms with E-state index >= 15 is 0 Å². The first-order chi connectivity index (χ1) is 8.41. The van der Waals surface area contributed by atoms with Crippen molar-refractivity contribution in [3.63, 3.8) is 0 Å². The Hall–Kier alpha value is -0.170. The van der Waals surface area contributed by atoms with E-state index in [2.05, 4.69) is 10.0 Å². The lowest BCUT2D eigenvalue weighted by molar-refractivity contribution is 0.313. The standard InChI is InChI=1S/C12H27N3O2S/c1-11(15(2)3)10-14-18(16,17)9-6-12-4-7-13-8-5-12/h11-14H,4-10H2,1-3H3. The van der Waals surface area contributed by atoms with Crippen molar-refractivity contribution >= 4 is 10.0 Å². The van der Waals surface area contributed by atoms with Crippen molar-refractivity contribution in [2.24, 2.45) is 5.92 Å². The Balaban J connectivity index is 2.26. The van der Waals surface area contributed by atoms with Crippen LogP contribution in [0.2, 0.25) is 0 Å². The molecule has 1 aliphatic heterocycles. The minimum atomic E-state index is -3.11. The molecular weight excluding hydrogens is 250 g/mol. The normalized spacial score (nSPS) is 20.2. The summed E-state index contributed by atoms with van der Waals surface area (Å²) in [5.74, 6) is 0.826. The molecule has 2 N–H and O–H groups in total. The molecule has 1 fully saturated rings. The summed E-state index contributed by atoms with van der Waals surface area (Å²) in [6.07, 6.45) is 2.99. The van der Waals surface area contributed by atoms with Crippen LogP contribution in [0.25, 0.3) is 0 Å². The summed E-state index contributed by atoms with van der Waals surface area (Å²) in [6, 6.07) is 0.221. The third-order valence-electron chi connectivity index (χ3n) is 3.73. The summed E-state index contributed by atoms with van der Waals surface area (Å²) in [4.78, 5) is 2.01. The number of nitrogens with zero attached hydrogens (tertiary/aromatic N) is 1. The molecule has 0 radical (unpaired) electrons. The predicted molar refractivity (Wildman–Crippen MR) is 75.1 cm³/mol. The lowest BCUT2D eigenvalue weighted by atomic mass is 9.96. The molecule has 5 nitrogen and oxygen atoms in total. The molecule has 0 aromatic heterocycles. The highest BCUT2D eigenvalue weighted by atomic mass is 32.2. The van der Waals surface area contributed by atoms with Crippen molar-refractivity contribution in [2.45, 2.75) is 32.2 Å². The summed E-state index contributed by atoms with van der Waals surface area (Å²) >= 11 is 0. The molecule has 1 unspecified atom stereocenters. The second kappa shape index (κ2) is 7.43. The van der Waals surface area contributed by atoms with E-state index in [1.54, 1.807) is 0 Å². The summed E-state index contributed by atoms with van der Waals surface area (Å²) in [6.45, 7) is 4.54. The monoisotopic (exact) mass is 277 g/mol. The van der Waals surface area contributed by atoms with Crippen molar-refractivity contribution < 1.29 is 8.42 Å².